The fourth-order valence-electron chi connectivity index (χ4n) is 5.27. The third kappa shape index (κ3) is 31.1. The van der Waals surface area contributed by atoms with Crippen molar-refractivity contribution >= 4 is 17.8 Å². The molecule has 0 aliphatic heterocycles. The number of ether oxygens (including phenoxy) is 1. The van der Waals surface area contributed by atoms with E-state index in [0.29, 0.717) is 12.8 Å². The van der Waals surface area contributed by atoms with E-state index in [9.17, 15) is 14.4 Å². The Hall–Kier alpha value is -1.85. The number of allylic oxidation sites excluding steroid dienone is 2. The minimum Gasteiger partial charge on any atom is -0.480 e. The Morgan fingerprint density at radius 2 is 1.02 bits per heavy atom. The molecule has 1 unspecified atom stereocenters. The largest absolute Gasteiger partial charge is 0.480 e. The van der Waals surface area contributed by atoms with E-state index in [1.807, 2.05) is 0 Å². The molecule has 0 saturated heterocycles. The van der Waals surface area contributed by atoms with Crippen LogP contribution in [0.1, 0.15) is 187 Å². The molecule has 0 aromatic carbocycles. The molecule has 246 valence electrons. The van der Waals surface area contributed by atoms with E-state index >= 15 is 0 Å². The summed E-state index contributed by atoms with van der Waals surface area (Å²) in [5.41, 5.74) is 0. The second-order valence-corrected chi connectivity index (χ2v) is 12.1. The SMILES string of the molecule is CCCCCCCCC/C=C\CCCCCCCCCC(=O)OC(CCCCCC)CCCCCC(=O)NCC(=O)O. The maximum absolute atomic E-state index is 12.5. The third-order valence-corrected chi connectivity index (χ3v) is 7.94. The van der Waals surface area contributed by atoms with Gasteiger partial charge in [-0.1, -0.05) is 122 Å². The summed E-state index contributed by atoms with van der Waals surface area (Å²) < 4.78 is 5.87. The summed E-state index contributed by atoms with van der Waals surface area (Å²) in [6, 6.07) is 0. The second-order valence-electron chi connectivity index (χ2n) is 12.1. The number of carbonyl (C=O) groups is 3. The van der Waals surface area contributed by atoms with Crippen LogP contribution in [0.25, 0.3) is 0 Å². The number of hydrogen-bond donors (Lipinski definition) is 2. The molecule has 0 saturated carbocycles. The van der Waals surface area contributed by atoms with Crippen LogP contribution in [0.3, 0.4) is 0 Å². The van der Waals surface area contributed by atoms with Crippen LogP contribution in [0.4, 0.5) is 0 Å². The predicted molar refractivity (Wildman–Crippen MR) is 176 cm³/mol. The molecular weight excluding hydrogens is 526 g/mol. The molecule has 0 aromatic heterocycles. The Morgan fingerprint density at radius 3 is 1.55 bits per heavy atom. The first-order valence-corrected chi connectivity index (χ1v) is 17.8. The van der Waals surface area contributed by atoms with Gasteiger partial charge in [-0.15, -0.1) is 0 Å². The average Bonchev–Trinajstić information content (AvgIpc) is 2.97. The predicted octanol–water partition coefficient (Wildman–Crippen LogP) is 10.2. The first-order chi connectivity index (χ1) is 20.5. The number of rotatable bonds is 32. The van der Waals surface area contributed by atoms with Crippen molar-refractivity contribution in [3.05, 3.63) is 12.2 Å². The molecule has 0 fully saturated rings. The number of carboxylic acids is 1. The highest BCUT2D eigenvalue weighted by Gasteiger charge is 2.14. The standard InChI is InChI=1S/C36H67NO5/c1-3-5-7-9-10-11-12-13-14-15-16-17-18-19-20-21-22-27-31-36(41)42-33(28-24-8-6-4-2)29-25-23-26-30-34(38)37-32-35(39)40/h14-15,33H,3-13,16-32H2,1-2H3,(H,37,38)(H,39,40)/b15-14-. The van der Waals surface area contributed by atoms with Gasteiger partial charge in [-0.25, -0.2) is 0 Å². The molecular formula is C36H67NO5. The zero-order valence-electron chi connectivity index (χ0n) is 27.6. The van der Waals surface area contributed by atoms with E-state index in [4.69, 9.17) is 9.84 Å². The number of hydrogen-bond acceptors (Lipinski definition) is 4. The molecule has 0 aliphatic rings. The molecule has 0 bridgehead atoms. The van der Waals surface area contributed by atoms with Crippen molar-refractivity contribution < 1.29 is 24.2 Å². The van der Waals surface area contributed by atoms with Crippen LogP contribution < -0.4 is 5.32 Å². The molecule has 0 rings (SSSR count). The fourth-order valence-corrected chi connectivity index (χ4v) is 5.27. The summed E-state index contributed by atoms with van der Waals surface area (Å²) >= 11 is 0. The highest BCUT2D eigenvalue weighted by Crippen LogP contribution is 2.18. The van der Waals surface area contributed by atoms with Crippen molar-refractivity contribution in [1.82, 2.24) is 5.32 Å². The van der Waals surface area contributed by atoms with Gasteiger partial charge in [0.1, 0.15) is 12.6 Å². The van der Waals surface area contributed by atoms with Gasteiger partial charge in [0.05, 0.1) is 0 Å². The van der Waals surface area contributed by atoms with Crippen molar-refractivity contribution in [2.75, 3.05) is 6.54 Å². The van der Waals surface area contributed by atoms with Gasteiger partial charge < -0.3 is 15.2 Å². The van der Waals surface area contributed by atoms with Crippen LogP contribution in [0.15, 0.2) is 12.2 Å². The van der Waals surface area contributed by atoms with E-state index in [1.54, 1.807) is 0 Å². The van der Waals surface area contributed by atoms with Gasteiger partial charge in [-0.2, -0.15) is 0 Å². The molecule has 0 heterocycles. The minimum absolute atomic E-state index is 0.0280. The van der Waals surface area contributed by atoms with Gasteiger partial charge in [0, 0.05) is 12.8 Å². The first-order valence-electron chi connectivity index (χ1n) is 17.8. The molecule has 2 N–H and O–H groups in total. The molecule has 0 spiro atoms. The maximum atomic E-state index is 12.5. The maximum Gasteiger partial charge on any atom is 0.322 e. The molecule has 6 heteroatoms. The van der Waals surface area contributed by atoms with E-state index in [2.05, 4.69) is 31.3 Å². The molecule has 1 amide bonds. The van der Waals surface area contributed by atoms with Gasteiger partial charge in [-0.05, 0) is 64.2 Å². The third-order valence-electron chi connectivity index (χ3n) is 7.94. The Labute approximate surface area is 259 Å². The van der Waals surface area contributed by atoms with Crippen molar-refractivity contribution in [3.8, 4) is 0 Å². The minimum atomic E-state index is -1.03. The van der Waals surface area contributed by atoms with Gasteiger partial charge in [0.15, 0.2) is 0 Å². The zero-order valence-corrected chi connectivity index (χ0v) is 27.6. The van der Waals surface area contributed by atoms with Gasteiger partial charge in [0.2, 0.25) is 5.91 Å². The Balaban J connectivity index is 3.83. The second kappa shape index (κ2) is 32.1. The fraction of sp³-hybridized carbons (Fsp3) is 0.861. The molecule has 42 heavy (non-hydrogen) atoms. The number of nitrogens with one attached hydrogen (secondary N) is 1. The number of unbranched alkanes of at least 4 members (excludes halogenated alkanes) is 19. The molecule has 1 atom stereocenters. The van der Waals surface area contributed by atoms with Crippen LogP contribution in [-0.2, 0) is 19.1 Å². The van der Waals surface area contributed by atoms with Crippen LogP contribution in [0.2, 0.25) is 0 Å². The quantitative estimate of drug-likeness (QED) is 0.0460. The van der Waals surface area contributed by atoms with E-state index in [-0.39, 0.29) is 24.5 Å². The van der Waals surface area contributed by atoms with Crippen molar-refractivity contribution in [2.24, 2.45) is 0 Å². The highest BCUT2D eigenvalue weighted by molar-refractivity contribution is 5.80. The lowest BCUT2D eigenvalue weighted by atomic mass is 10.0. The summed E-state index contributed by atoms with van der Waals surface area (Å²) in [6.45, 7) is 4.14. The van der Waals surface area contributed by atoms with Crippen molar-refractivity contribution in [2.45, 2.75) is 193 Å². The number of esters is 1. The summed E-state index contributed by atoms with van der Waals surface area (Å²) in [6.07, 6.45) is 34.9. The monoisotopic (exact) mass is 594 g/mol. The topological polar surface area (TPSA) is 92.7 Å². The van der Waals surface area contributed by atoms with E-state index in [0.717, 1.165) is 51.4 Å². The average molecular weight is 594 g/mol. The lowest BCUT2D eigenvalue weighted by Gasteiger charge is -2.18. The van der Waals surface area contributed by atoms with Crippen LogP contribution >= 0.6 is 0 Å². The lowest BCUT2D eigenvalue weighted by Crippen LogP contribution is -2.28. The molecule has 0 radical (unpaired) electrons. The molecule has 0 aromatic rings. The lowest BCUT2D eigenvalue weighted by molar-refractivity contribution is -0.150. The summed E-state index contributed by atoms with van der Waals surface area (Å²) in [4.78, 5) is 34.7. The van der Waals surface area contributed by atoms with Gasteiger partial charge >= 0.3 is 11.9 Å². The van der Waals surface area contributed by atoms with E-state index < -0.39 is 5.97 Å². The first kappa shape index (κ1) is 40.1. The zero-order chi connectivity index (χ0) is 30.9. The molecule has 6 nitrogen and oxygen atoms in total. The van der Waals surface area contributed by atoms with Crippen molar-refractivity contribution in [1.29, 1.82) is 0 Å². The normalized spacial score (nSPS) is 12.0. The Kier molecular flexibility index (Phi) is 30.7. The summed E-state index contributed by atoms with van der Waals surface area (Å²) in [7, 11) is 0. The number of amides is 1. The van der Waals surface area contributed by atoms with Crippen LogP contribution in [0.5, 0.6) is 0 Å². The summed E-state index contributed by atoms with van der Waals surface area (Å²) in [5, 5.41) is 11.0. The van der Waals surface area contributed by atoms with E-state index in [1.165, 1.54) is 109 Å². The smallest absolute Gasteiger partial charge is 0.322 e. The van der Waals surface area contributed by atoms with Crippen LogP contribution in [-0.4, -0.2) is 35.6 Å². The number of carbonyl (C=O) groups excluding carboxylic acids is 2. The van der Waals surface area contributed by atoms with Gasteiger partial charge in [-0.3, -0.25) is 14.4 Å². The number of aliphatic carboxylic acids is 1. The molecule has 0 aliphatic carbocycles. The Morgan fingerprint density at radius 1 is 0.595 bits per heavy atom. The number of carboxylic acid groups (broad SMARTS) is 1. The summed E-state index contributed by atoms with van der Waals surface area (Å²) in [5.74, 6) is -1.31. The highest BCUT2D eigenvalue weighted by atomic mass is 16.5. The Bertz CT molecular complexity index is 663. The van der Waals surface area contributed by atoms with Crippen molar-refractivity contribution in [3.63, 3.8) is 0 Å². The van der Waals surface area contributed by atoms with Crippen LogP contribution in [0, 0.1) is 0 Å². The van der Waals surface area contributed by atoms with Gasteiger partial charge in [0.25, 0.3) is 0 Å².